The number of fused-ring (bicyclic) bond motifs is 2. The summed E-state index contributed by atoms with van der Waals surface area (Å²) in [5, 5.41) is 9.38. The van der Waals surface area contributed by atoms with Gasteiger partial charge in [-0.25, -0.2) is 9.78 Å². The summed E-state index contributed by atoms with van der Waals surface area (Å²) in [6.45, 7) is -0.00207. The second-order valence-electron chi connectivity index (χ2n) is 5.45. The molecule has 0 radical (unpaired) electrons. The highest BCUT2D eigenvalue weighted by Crippen LogP contribution is 2.19. The lowest BCUT2D eigenvalue weighted by molar-refractivity contribution is 0.0465. The Hall–Kier alpha value is -3.72. The maximum atomic E-state index is 12.3. The summed E-state index contributed by atoms with van der Waals surface area (Å²) in [5.74, 6) is -0.572. The largest absolute Gasteiger partial charge is 0.456 e. The number of ether oxygens (including phenoxy) is 1. The van der Waals surface area contributed by atoms with Crippen LogP contribution in [0, 0.1) is 11.3 Å². The van der Waals surface area contributed by atoms with E-state index in [1.807, 2.05) is 47.0 Å². The van der Waals surface area contributed by atoms with Crippen LogP contribution < -0.4 is 0 Å². The number of nitrogens with zero attached hydrogens (tertiary/aromatic N) is 4. The fourth-order valence-electron chi connectivity index (χ4n) is 2.69. The van der Waals surface area contributed by atoms with Gasteiger partial charge in [0.2, 0.25) is 0 Å². The van der Waals surface area contributed by atoms with Gasteiger partial charge in [-0.3, -0.25) is 4.98 Å². The van der Waals surface area contributed by atoms with E-state index in [2.05, 4.69) is 16.0 Å². The summed E-state index contributed by atoms with van der Waals surface area (Å²) in [4.78, 5) is 20.7. The topological polar surface area (TPSA) is 80.3 Å². The van der Waals surface area contributed by atoms with Crippen molar-refractivity contribution in [1.82, 2.24) is 14.4 Å². The van der Waals surface area contributed by atoms with E-state index in [0.29, 0.717) is 22.2 Å². The Balaban J connectivity index is 1.58. The minimum Gasteiger partial charge on any atom is -0.456 e. The summed E-state index contributed by atoms with van der Waals surface area (Å²) >= 11 is 0. The van der Waals surface area contributed by atoms with E-state index >= 15 is 0 Å². The van der Waals surface area contributed by atoms with Crippen molar-refractivity contribution in [2.45, 2.75) is 6.61 Å². The zero-order valence-electron chi connectivity index (χ0n) is 13.1. The molecule has 4 aromatic rings. The fourth-order valence-corrected chi connectivity index (χ4v) is 2.69. The number of carbonyl (C=O) groups excluding carboxylic acids is 1. The molecule has 6 nitrogen and oxygen atoms in total. The number of hydrogen-bond donors (Lipinski definition) is 0. The van der Waals surface area contributed by atoms with Gasteiger partial charge in [0, 0.05) is 18.0 Å². The first kappa shape index (κ1) is 14.8. The van der Waals surface area contributed by atoms with Crippen LogP contribution in [0.1, 0.15) is 21.6 Å². The highest BCUT2D eigenvalue weighted by molar-refractivity contribution is 5.89. The Kier molecular flexibility index (Phi) is 3.60. The predicted molar refractivity (Wildman–Crippen MR) is 90.8 cm³/mol. The Morgan fingerprint density at radius 1 is 1.16 bits per heavy atom. The van der Waals surface area contributed by atoms with E-state index in [1.54, 1.807) is 12.3 Å². The molecule has 0 saturated carbocycles. The third-order valence-electron chi connectivity index (χ3n) is 3.89. The molecule has 1 aromatic carbocycles. The third kappa shape index (κ3) is 2.68. The molecule has 3 heterocycles. The van der Waals surface area contributed by atoms with E-state index in [0.717, 1.165) is 5.52 Å². The molecule has 0 N–H and O–H groups in total. The quantitative estimate of drug-likeness (QED) is 0.540. The molecule has 25 heavy (non-hydrogen) atoms. The average molecular weight is 328 g/mol. The molecule has 0 aliphatic carbocycles. The van der Waals surface area contributed by atoms with Gasteiger partial charge < -0.3 is 9.14 Å². The lowest BCUT2D eigenvalue weighted by Crippen LogP contribution is -2.08. The van der Waals surface area contributed by atoms with Gasteiger partial charge in [-0.05, 0) is 24.3 Å². The van der Waals surface area contributed by atoms with Crippen molar-refractivity contribution in [3.05, 3.63) is 77.9 Å². The molecule has 0 unspecified atom stereocenters. The third-order valence-corrected chi connectivity index (χ3v) is 3.89. The van der Waals surface area contributed by atoms with Gasteiger partial charge in [0.05, 0.1) is 28.3 Å². The van der Waals surface area contributed by atoms with E-state index in [1.165, 1.54) is 6.20 Å². The van der Waals surface area contributed by atoms with E-state index < -0.39 is 5.97 Å². The maximum Gasteiger partial charge on any atom is 0.358 e. The number of benzene rings is 1. The second kappa shape index (κ2) is 6.06. The van der Waals surface area contributed by atoms with Crippen LogP contribution in [0.15, 0.2) is 61.1 Å². The van der Waals surface area contributed by atoms with Gasteiger partial charge in [0.25, 0.3) is 0 Å². The van der Waals surface area contributed by atoms with Crippen LogP contribution in [0.4, 0.5) is 0 Å². The first-order valence-corrected chi connectivity index (χ1v) is 7.64. The SMILES string of the molecule is N#Cc1c(COC(=O)c2cnc3ccccc3n2)cn2ccccc12. The van der Waals surface area contributed by atoms with Crippen LogP contribution in [0.2, 0.25) is 0 Å². The molecule has 0 amide bonds. The minimum absolute atomic E-state index is 0.00207. The molecule has 120 valence electrons. The van der Waals surface area contributed by atoms with Crippen molar-refractivity contribution in [3.63, 3.8) is 0 Å². The maximum absolute atomic E-state index is 12.3. The van der Waals surface area contributed by atoms with Crippen LogP contribution in [-0.2, 0) is 11.3 Å². The molecule has 6 heteroatoms. The highest BCUT2D eigenvalue weighted by Gasteiger charge is 2.15. The van der Waals surface area contributed by atoms with Crippen molar-refractivity contribution < 1.29 is 9.53 Å². The monoisotopic (exact) mass is 328 g/mol. The lowest BCUT2D eigenvalue weighted by Gasteiger charge is -2.04. The average Bonchev–Trinajstić information content (AvgIpc) is 3.03. The standard InChI is InChI=1S/C19H12N4O2/c20-9-14-13(11-23-8-4-3-7-18(14)23)12-25-19(24)17-10-21-15-5-1-2-6-16(15)22-17/h1-8,10-11H,12H2. The van der Waals surface area contributed by atoms with Gasteiger partial charge in [-0.1, -0.05) is 18.2 Å². The van der Waals surface area contributed by atoms with Crippen LogP contribution in [0.3, 0.4) is 0 Å². The summed E-state index contributed by atoms with van der Waals surface area (Å²) in [6.07, 6.45) is 5.02. The first-order chi connectivity index (χ1) is 12.3. The summed E-state index contributed by atoms with van der Waals surface area (Å²) in [7, 11) is 0. The summed E-state index contributed by atoms with van der Waals surface area (Å²) in [6, 6.07) is 15.0. The summed E-state index contributed by atoms with van der Waals surface area (Å²) in [5.41, 5.74) is 3.41. The number of nitriles is 1. The fraction of sp³-hybridized carbons (Fsp3) is 0.0526. The molecular formula is C19H12N4O2. The molecule has 3 aromatic heterocycles. The zero-order chi connectivity index (χ0) is 17.2. The number of aromatic nitrogens is 3. The van der Waals surface area contributed by atoms with Gasteiger partial charge >= 0.3 is 5.97 Å². The van der Waals surface area contributed by atoms with Gasteiger partial charge in [0.15, 0.2) is 5.69 Å². The van der Waals surface area contributed by atoms with Crippen molar-refractivity contribution in [2.24, 2.45) is 0 Å². The highest BCUT2D eigenvalue weighted by atomic mass is 16.5. The number of pyridine rings is 1. The van der Waals surface area contributed by atoms with Crippen molar-refractivity contribution in [1.29, 1.82) is 5.26 Å². The van der Waals surface area contributed by atoms with E-state index in [9.17, 15) is 10.1 Å². The van der Waals surface area contributed by atoms with Crippen molar-refractivity contribution >= 4 is 22.5 Å². The number of hydrogen-bond acceptors (Lipinski definition) is 5. The number of rotatable bonds is 3. The van der Waals surface area contributed by atoms with Crippen molar-refractivity contribution in [2.75, 3.05) is 0 Å². The van der Waals surface area contributed by atoms with Gasteiger partial charge in [0.1, 0.15) is 12.7 Å². The summed E-state index contributed by atoms with van der Waals surface area (Å²) < 4.78 is 7.16. The van der Waals surface area contributed by atoms with Gasteiger partial charge in [-0.15, -0.1) is 0 Å². The molecule has 0 aliphatic heterocycles. The van der Waals surface area contributed by atoms with Crippen LogP contribution in [0.25, 0.3) is 16.6 Å². The predicted octanol–water partition coefficient (Wildman–Crippen LogP) is 3.11. The van der Waals surface area contributed by atoms with Crippen molar-refractivity contribution in [3.8, 4) is 6.07 Å². The zero-order valence-corrected chi connectivity index (χ0v) is 13.1. The molecule has 0 spiro atoms. The lowest BCUT2D eigenvalue weighted by atomic mass is 10.2. The molecule has 0 saturated heterocycles. The van der Waals surface area contributed by atoms with Crippen LogP contribution in [0.5, 0.6) is 0 Å². The number of esters is 1. The normalized spacial score (nSPS) is 10.7. The first-order valence-electron chi connectivity index (χ1n) is 7.64. The smallest absolute Gasteiger partial charge is 0.358 e. The van der Waals surface area contributed by atoms with E-state index in [4.69, 9.17) is 4.74 Å². The molecule has 0 atom stereocenters. The number of carbonyl (C=O) groups is 1. The van der Waals surface area contributed by atoms with Crippen LogP contribution in [-0.4, -0.2) is 20.3 Å². The number of para-hydroxylation sites is 2. The Bertz CT molecular complexity index is 1140. The van der Waals surface area contributed by atoms with Gasteiger partial charge in [-0.2, -0.15) is 5.26 Å². The van der Waals surface area contributed by atoms with E-state index in [-0.39, 0.29) is 12.3 Å². The molecule has 4 rings (SSSR count). The Labute approximate surface area is 142 Å². The molecular weight excluding hydrogens is 316 g/mol. The van der Waals surface area contributed by atoms with Crippen LogP contribution >= 0.6 is 0 Å². The molecule has 0 fully saturated rings. The molecule has 0 bridgehead atoms. The Morgan fingerprint density at radius 3 is 2.80 bits per heavy atom. The Morgan fingerprint density at radius 2 is 1.96 bits per heavy atom. The minimum atomic E-state index is -0.572. The molecule has 0 aliphatic rings. The second-order valence-corrected chi connectivity index (χ2v) is 5.45.